The largest absolute Gasteiger partial charge is 0.397 e. The quantitative estimate of drug-likeness (QED) is 0.545. The number of hydrogen-bond donors (Lipinski definition) is 3. The molecule has 4 N–H and O–H groups in total. The first-order valence-corrected chi connectivity index (χ1v) is 5.06. The second-order valence-electron chi connectivity index (χ2n) is 3.98. The fraction of sp³-hybridized carbons (Fsp3) is 0.455. The van der Waals surface area contributed by atoms with Gasteiger partial charge in [-0.1, -0.05) is 12.1 Å². The van der Waals surface area contributed by atoms with E-state index in [1.165, 1.54) is 5.56 Å². The predicted molar refractivity (Wildman–Crippen MR) is 60.2 cm³/mol. The van der Waals surface area contributed by atoms with Crippen molar-refractivity contribution in [3.63, 3.8) is 0 Å². The highest BCUT2D eigenvalue weighted by Gasteiger charge is 2.18. The van der Waals surface area contributed by atoms with Gasteiger partial charge in [0.15, 0.2) is 0 Å². The van der Waals surface area contributed by atoms with Crippen molar-refractivity contribution in [2.75, 3.05) is 11.1 Å². The van der Waals surface area contributed by atoms with E-state index in [0.717, 1.165) is 17.9 Å². The average Bonchev–Trinajstić information content (AvgIpc) is 2.30. The van der Waals surface area contributed by atoms with E-state index >= 15 is 0 Å². The second kappa shape index (κ2) is 3.50. The summed E-state index contributed by atoms with van der Waals surface area (Å²) >= 11 is 0. The van der Waals surface area contributed by atoms with Crippen molar-refractivity contribution < 1.29 is 0 Å². The maximum atomic E-state index is 5.93. The van der Waals surface area contributed by atoms with E-state index in [9.17, 15) is 0 Å². The van der Waals surface area contributed by atoms with Gasteiger partial charge in [-0.15, -0.1) is 0 Å². The first kappa shape index (κ1) is 9.34. The van der Waals surface area contributed by atoms with Crippen LogP contribution in [0.25, 0.3) is 0 Å². The Morgan fingerprint density at radius 2 is 2.07 bits per heavy atom. The molecular formula is C11H17N3. The molecule has 0 radical (unpaired) electrons. The molecule has 0 saturated heterocycles. The SMILES string of the molecule is C[C@@H]1Nc2c(N)cccc2CN[C@@H]1C. The number of benzene rings is 1. The van der Waals surface area contributed by atoms with Crippen LogP contribution in [0, 0.1) is 0 Å². The number of fused-ring (bicyclic) bond motifs is 1. The monoisotopic (exact) mass is 191 g/mol. The third-order valence-corrected chi connectivity index (χ3v) is 2.92. The summed E-state index contributed by atoms with van der Waals surface area (Å²) in [4.78, 5) is 0. The maximum Gasteiger partial charge on any atom is 0.0622 e. The van der Waals surface area contributed by atoms with E-state index in [1.54, 1.807) is 0 Å². The minimum absolute atomic E-state index is 0.404. The highest BCUT2D eigenvalue weighted by molar-refractivity contribution is 5.71. The van der Waals surface area contributed by atoms with Crippen molar-refractivity contribution in [3.8, 4) is 0 Å². The van der Waals surface area contributed by atoms with Crippen LogP contribution in [0.1, 0.15) is 19.4 Å². The van der Waals surface area contributed by atoms with Crippen LogP contribution in [0.15, 0.2) is 18.2 Å². The van der Waals surface area contributed by atoms with Crippen molar-refractivity contribution >= 4 is 11.4 Å². The number of nitrogen functional groups attached to an aromatic ring is 1. The van der Waals surface area contributed by atoms with Crippen molar-refractivity contribution in [1.29, 1.82) is 0 Å². The molecule has 3 heteroatoms. The summed E-state index contributed by atoms with van der Waals surface area (Å²) in [7, 11) is 0. The molecule has 3 nitrogen and oxygen atoms in total. The van der Waals surface area contributed by atoms with Gasteiger partial charge >= 0.3 is 0 Å². The van der Waals surface area contributed by atoms with E-state index < -0.39 is 0 Å². The van der Waals surface area contributed by atoms with Gasteiger partial charge in [0, 0.05) is 18.6 Å². The fourth-order valence-corrected chi connectivity index (χ4v) is 1.74. The molecule has 1 aliphatic heterocycles. The van der Waals surface area contributed by atoms with E-state index in [0.29, 0.717) is 12.1 Å². The van der Waals surface area contributed by atoms with Crippen LogP contribution in [0.3, 0.4) is 0 Å². The fourth-order valence-electron chi connectivity index (χ4n) is 1.74. The Hall–Kier alpha value is -1.22. The summed E-state index contributed by atoms with van der Waals surface area (Å²) in [6, 6.07) is 6.91. The van der Waals surface area contributed by atoms with E-state index in [2.05, 4.69) is 30.5 Å². The molecule has 1 aromatic carbocycles. The summed E-state index contributed by atoms with van der Waals surface area (Å²) in [6.45, 7) is 5.23. The number of para-hydroxylation sites is 1. The Labute approximate surface area is 84.7 Å². The molecule has 1 aromatic rings. The molecule has 0 amide bonds. The minimum atomic E-state index is 0.404. The van der Waals surface area contributed by atoms with Crippen LogP contribution in [-0.4, -0.2) is 12.1 Å². The summed E-state index contributed by atoms with van der Waals surface area (Å²) in [5, 5.41) is 6.91. The highest BCUT2D eigenvalue weighted by atomic mass is 15.0. The Balaban J connectivity index is 2.38. The van der Waals surface area contributed by atoms with Crippen LogP contribution < -0.4 is 16.4 Å². The molecule has 0 fully saturated rings. The van der Waals surface area contributed by atoms with Gasteiger partial charge in [0.1, 0.15) is 0 Å². The van der Waals surface area contributed by atoms with Crippen molar-refractivity contribution in [3.05, 3.63) is 23.8 Å². The first-order valence-electron chi connectivity index (χ1n) is 5.06. The molecule has 0 aliphatic carbocycles. The van der Waals surface area contributed by atoms with Gasteiger partial charge < -0.3 is 16.4 Å². The lowest BCUT2D eigenvalue weighted by atomic mass is 10.1. The Morgan fingerprint density at radius 3 is 2.86 bits per heavy atom. The average molecular weight is 191 g/mol. The zero-order valence-corrected chi connectivity index (χ0v) is 8.67. The number of nitrogens with two attached hydrogens (primary N) is 1. The topological polar surface area (TPSA) is 50.1 Å². The molecule has 0 saturated carbocycles. The molecule has 0 bridgehead atoms. The summed E-state index contributed by atoms with van der Waals surface area (Å²) < 4.78 is 0. The number of anilines is 2. The van der Waals surface area contributed by atoms with Crippen LogP contribution in [-0.2, 0) is 6.54 Å². The lowest BCUT2D eigenvalue weighted by molar-refractivity contribution is 0.510. The lowest BCUT2D eigenvalue weighted by Crippen LogP contribution is -2.37. The zero-order valence-electron chi connectivity index (χ0n) is 8.67. The standard InChI is InChI=1S/C11H17N3/c1-7-8(2)14-11-9(6-13-7)4-3-5-10(11)12/h3-5,7-8,13-14H,6,12H2,1-2H3/t7-,8+/m1/s1. The molecule has 76 valence electrons. The first-order chi connectivity index (χ1) is 6.68. The zero-order chi connectivity index (χ0) is 10.1. The molecule has 0 spiro atoms. The van der Waals surface area contributed by atoms with Gasteiger partial charge in [0.2, 0.25) is 0 Å². The van der Waals surface area contributed by atoms with Crippen molar-refractivity contribution in [2.45, 2.75) is 32.5 Å². The van der Waals surface area contributed by atoms with Crippen LogP contribution >= 0.6 is 0 Å². The second-order valence-corrected chi connectivity index (χ2v) is 3.98. The molecular weight excluding hydrogens is 174 g/mol. The highest BCUT2D eigenvalue weighted by Crippen LogP contribution is 2.26. The van der Waals surface area contributed by atoms with Gasteiger partial charge in [-0.3, -0.25) is 0 Å². The Bertz CT molecular complexity index is 335. The van der Waals surface area contributed by atoms with Gasteiger partial charge in [-0.05, 0) is 25.5 Å². The van der Waals surface area contributed by atoms with Crippen LogP contribution in [0.2, 0.25) is 0 Å². The lowest BCUT2D eigenvalue weighted by Gasteiger charge is -2.19. The smallest absolute Gasteiger partial charge is 0.0622 e. The van der Waals surface area contributed by atoms with Crippen molar-refractivity contribution in [2.24, 2.45) is 0 Å². The molecule has 2 atom stereocenters. The molecule has 0 unspecified atom stereocenters. The molecule has 1 heterocycles. The minimum Gasteiger partial charge on any atom is -0.397 e. The molecule has 14 heavy (non-hydrogen) atoms. The number of hydrogen-bond acceptors (Lipinski definition) is 3. The van der Waals surface area contributed by atoms with Crippen molar-refractivity contribution in [1.82, 2.24) is 5.32 Å². The molecule has 0 aromatic heterocycles. The Kier molecular flexibility index (Phi) is 2.33. The van der Waals surface area contributed by atoms with E-state index in [-0.39, 0.29) is 0 Å². The van der Waals surface area contributed by atoms with Gasteiger partial charge in [0.25, 0.3) is 0 Å². The van der Waals surface area contributed by atoms with E-state index in [4.69, 9.17) is 5.73 Å². The van der Waals surface area contributed by atoms with Gasteiger partial charge in [-0.2, -0.15) is 0 Å². The molecule has 2 rings (SSSR count). The summed E-state index contributed by atoms with van der Waals surface area (Å²) in [5.74, 6) is 0. The third kappa shape index (κ3) is 1.55. The van der Waals surface area contributed by atoms with Crippen LogP contribution in [0.5, 0.6) is 0 Å². The number of nitrogens with one attached hydrogen (secondary N) is 2. The van der Waals surface area contributed by atoms with E-state index in [1.807, 2.05) is 12.1 Å². The van der Waals surface area contributed by atoms with Gasteiger partial charge in [0.05, 0.1) is 11.4 Å². The van der Waals surface area contributed by atoms with Gasteiger partial charge in [-0.25, -0.2) is 0 Å². The summed E-state index contributed by atoms with van der Waals surface area (Å²) in [6.07, 6.45) is 0. The Morgan fingerprint density at radius 1 is 1.29 bits per heavy atom. The van der Waals surface area contributed by atoms with Crippen LogP contribution in [0.4, 0.5) is 11.4 Å². The molecule has 1 aliphatic rings. The summed E-state index contributed by atoms with van der Waals surface area (Å²) in [5.41, 5.74) is 9.11. The predicted octanol–water partition coefficient (Wildman–Crippen LogP) is 1.56. The maximum absolute atomic E-state index is 5.93. The normalized spacial score (nSPS) is 26.1. The third-order valence-electron chi connectivity index (χ3n) is 2.92. The number of rotatable bonds is 0.